The van der Waals surface area contributed by atoms with Gasteiger partial charge in [0.1, 0.15) is 11.6 Å². The maximum absolute atomic E-state index is 13.2. The summed E-state index contributed by atoms with van der Waals surface area (Å²) in [5.41, 5.74) is 3.55. The number of aromatic nitrogens is 3. The molecule has 0 saturated heterocycles. The molecule has 2 N–H and O–H groups in total. The molecule has 0 radical (unpaired) electrons. The number of pyridine rings is 1. The number of halogens is 1. The van der Waals surface area contributed by atoms with E-state index in [1.165, 1.54) is 12.1 Å². The van der Waals surface area contributed by atoms with Crippen LogP contribution in [-0.4, -0.2) is 15.0 Å². The minimum Gasteiger partial charge on any atom is -0.350 e. The lowest BCUT2D eigenvalue weighted by molar-refractivity contribution is 0.628. The van der Waals surface area contributed by atoms with Gasteiger partial charge in [0.15, 0.2) is 0 Å². The molecule has 0 spiro atoms. The molecule has 0 aliphatic rings. The van der Waals surface area contributed by atoms with E-state index >= 15 is 0 Å². The Bertz CT molecular complexity index is 1040. The highest BCUT2D eigenvalue weighted by Crippen LogP contribution is 2.24. The zero-order valence-corrected chi connectivity index (χ0v) is 15.0. The Balaban J connectivity index is 1.63. The van der Waals surface area contributed by atoms with Crippen LogP contribution in [0.25, 0.3) is 11.3 Å². The van der Waals surface area contributed by atoms with Crippen LogP contribution in [0.5, 0.6) is 0 Å². The minimum atomic E-state index is -0.281. The van der Waals surface area contributed by atoms with E-state index in [0.29, 0.717) is 18.3 Å². The fourth-order valence-corrected chi connectivity index (χ4v) is 2.71. The smallest absolute Gasteiger partial charge is 0.225 e. The molecule has 28 heavy (non-hydrogen) atoms. The van der Waals surface area contributed by atoms with Gasteiger partial charge in [-0.15, -0.1) is 0 Å². The maximum Gasteiger partial charge on any atom is 0.225 e. The number of hydrogen-bond acceptors (Lipinski definition) is 5. The third-order valence-corrected chi connectivity index (χ3v) is 4.09. The highest BCUT2D eigenvalue weighted by atomic mass is 19.1. The van der Waals surface area contributed by atoms with E-state index in [9.17, 15) is 4.39 Å². The van der Waals surface area contributed by atoms with Crippen LogP contribution in [0.4, 0.5) is 21.8 Å². The van der Waals surface area contributed by atoms with Crippen molar-refractivity contribution in [2.45, 2.75) is 6.54 Å². The quantitative estimate of drug-likeness (QED) is 0.497. The molecule has 4 rings (SSSR count). The number of rotatable bonds is 6. The summed E-state index contributed by atoms with van der Waals surface area (Å²) in [6.07, 6.45) is 3.53. The Morgan fingerprint density at radius 3 is 2.43 bits per heavy atom. The molecular weight excluding hydrogens is 353 g/mol. The van der Waals surface area contributed by atoms with E-state index in [-0.39, 0.29) is 5.82 Å². The SMILES string of the molecule is Fc1ccc(Nc2cc(-c3ccccc3)nc(NCc3cccnc3)n2)cc1. The number of hydrogen-bond donors (Lipinski definition) is 2. The third kappa shape index (κ3) is 4.48. The lowest BCUT2D eigenvalue weighted by atomic mass is 10.1. The number of anilines is 3. The van der Waals surface area contributed by atoms with Gasteiger partial charge in [-0.25, -0.2) is 9.37 Å². The van der Waals surface area contributed by atoms with E-state index in [1.807, 2.05) is 48.5 Å². The van der Waals surface area contributed by atoms with Gasteiger partial charge in [0, 0.05) is 36.3 Å². The van der Waals surface area contributed by atoms with Gasteiger partial charge in [-0.3, -0.25) is 4.98 Å². The molecule has 138 valence electrons. The van der Waals surface area contributed by atoms with Crippen molar-refractivity contribution >= 4 is 17.5 Å². The minimum absolute atomic E-state index is 0.281. The highest BCUT2D eigenvalue weighted by Gasteiger charge is 2.08. The first-order chi connectivity index (χ1) is 13.8. The van der Waals surface area contributed by atoms with Crippen LogP contribution in [0.2, 0.25) is 0 Å². The van der Waals surface area contributed by atoms with Crippen LogP contribution in [0.1, 0.15) is 5.56 Å². The fourth-order valence-electron chi connectivity index (χ4n) is 2.71. The average molecular weight is 371 g/mol. The second-order valence-corrected chi connectivity index (χ2v) is 6.17. The summed E-state index contributed by atoms with van der Waals surface area (Å²) < 4.78 is 13.2. The van der Waals surface area contributed by atoms with Gasteiger partial charge in [0.05, 0.1) is 5.69 Å². The van der Waals surface area contributed by atoms with Crippen molar-refractivity contribution in [2.24, 2.45) is 0 Å². The number of nitrogens with zero attached hydrogens (tertiary/aromatic N) is 3. The lowest BCUT2D eigenvalue weighted by Gasteiger charge is -2.11. The van der Waals surface area contributed by atoms with Crippen molar-refractivity contribution in [2.75, 3.05) is 10.6 Å². The Morgan fingerprint density at radius 2 is 1.68 bits per heavy atom. The van der Waals surface area contributed by atoms with Crippen molar-refractivity contribution < 1.29 is 4.39 Å². The van der Waals surface area contributed by atoms with E-state index in [0.717, 1.165) is 22.5 Å². The van der Waals surface area contributed by atoms with Crippen LogP contribution in [0, 0.1) is 5.82 Å². The zero-order chi connectivity index (χ0) is 19.2. The molecule has 2 heterocycles. The molecule has 4 aromatic rings. The largest absolute Gasteiger partial charge is 0.350 e. The van der Waals surface area contributed by atoms with Crippen molar-refractivity contribution in [1.82, 2.24) is 15.0 Å². The summed E-state index contributed by atoms with van der Waals surface area (Å²) >= 11 is 0. The van der Waals surface area contributed by atoms with Gasteiger partial charge in [-0.1, -0.05) is 36.4 Å². The Labute approximate surface area is 162 Å². The normalized spacial score (nSPS) is 10.5. The van der Waals surface area contributed by atoms with Gasteiger partial charge >= 0.3 is 0 Å². The van der Waals surface area contributed by atoms with Gasteiger partial charge < -0.3 is 10.6 Å². The molecule has 2 aromatic heterocycles. The van der Waals surface area contributed by atoms with Crippen LogP contribution < -0.4 is 10.6 Å². The topological polar surface area (TPSA) is 62.7 Å². The summed E-state index contributed by atoms with van der Waals surface area (Å²) in [4.78, 5) is 13.3. The molecule has 6 heteroatoms. The first-order valence-electron chi connectivity index (χ1n) is 8.86. The summed E-state index contributed by atoms with van der Waals surface area (Å²) in [5, 5.41) is 6.45. The van der Waals surface area contributed by atoms with Crippen molar-refractivity contribution in [3.8, 4) is 11.3 Å². The van der Waals surface area contributed by atoms with Crippen LogP contribution in [-0.2, 0) is 6.54 Å². The molecule has 5 nitrogen and oxygen atoms in total. The van der Waals surface area contributed by atoms with E-state index < -0.39 is 0 Å². The van der Waals surface area contributed by atoms with E-state index in [2.05, 4.69) is 25.6 Å². The second-order valence-electron chi connectivity index (χ2n) is 6.17. The monoisotopic (exact) mass is 371 g/mol. The first kappa shape index (κ1) is 17.6. The Hall–Kier alpha value is -3.80. The standard InChI is InChI=1S/C22H18FN5/c23-18-8-10-19(11-9-18)26-21-13-20(17-6-2-1-3-7-17)27-22(28-21)25-15-16-5-4-12-24-14-16/h1-14H,15H2,(H2,25,26,27,28). The van der Waals surface area contributed by atoms with E-state index in [4.69, 9.17) is 0 Å². The molecule has 0 fully saturated rings. The number of benzene rings is 2. The molecule has 0 aliphatic carbocycles. The highest BCUT2D eigenvalue weighted by molar-refractivity contribution is 5.67. The molecule has 0 unspecified atom stereocenters. The molecule has 0 atom stereocenters. The van der Waals surface area contributed by atoms with Gasteiger partial charge in [0.2, 0.25) is 5.95 Å². The molecule has 2 aromatic carbocycles. The Morgan fingerprint density at radius 1 is 0.857 bits per heavy atom. The predicted octanol–water partition coefficient (Wildman–Crippen LogP) is 5.03. The molecular formula is C22H18FN5. The third-order valence-electron chi connectivity index (χ3n) is 4.09. The summed E-state index contributed by atoms with van der Waals surface area (Å²) in [5.74, 6) is 0.834. The summed E-state index contributed by atoms with van der Waals surface area (Å²) in [6, 6.07) is 21.8. The number of nitrogens with one attached hydrogen (secondary N) is 2. The van der Waals surface area contributed by atoms with Crippen LogP contribution in [0.15, 0.2) is 85.2 Å². The van der Waals surface area contributed by atoms with Crippen LogP contribution in [0.3, 0.4) is 0 Å². The van der Waals surface area contributed by atoms with Gasteiger partial charge in [-0.05, 0) is 35.9 Å². The van der Waals surface area contributed by atoms with Crippen LogP contribution >= 0.6 is 0 Å². The zero-order valence-electron chi connectivity index (χ0n) is 15.0. The molecule has 0 aliphatic heterocycles. The second kappa shape index (κ2) is 8.26. The van der Waals surface area contributed by atoms with Crippen molar-refractivity contribution in [1.29, 1.82) is 0 Å². The maximum atomic E-state index is 13.2. The van der Waals surface area contributed by atoms with Gasteiger partial charge in [0.25, 0.3) is 0 Å². The summed E-state index contributed by atoms with van der Waals surface area (Å²) in [7, 11) is 0. The van der Waals surface area contributed by atoms with Gasteiger partial charge in [-0.2, -0.15) is 4.98 Å². The molecule has 0 amide bonds. The van der Waals surface area contributed by atoms with Crippen molar-refractivity contribution in [3.63, 3.8) is 0 Å². The lowest BCUT2D eigenvalue weighted by Crippen LogP contribution is -2.06. The molecule has 0 bridgehead atoms. The predicted molar refractivity (Wildman–Crippen MR) is 109 cm³/mol. The first-order valence-corrected chi connectivity index (χ1v) is 8.86. The molecule has 0 saturated carbocycles. The fraction of sp³-hybridized carbons (Fsp3) is 0.0455. The summed E-state index contributed by atoms with van der Waals surface area (Å²) in [6.45, 7) is 0.558. The Kier molecular flexibility index (Phi) is 5.20. The van der Waals surface area contributed by atoms with Crippen molar-refractivity contribution in [3.05, 3.63) is 96.6 Å². The average Bonchev–Trinajstić information content (AvgIpc) is 2.75. The van der Waals surface area contributed by atoms with E-state index in [1.54, 1.807) is 24.5 Å².